The van der Waals surface area contributed by atoms with E-state index in [1.54, 1.807) is 0 Å². The van der Waals surface area contributed by atoms with Crippen molar-refractivity contribution in [2.24, 2.45) is 0 Å². The molecule has 1 heterocycles. The summed E-state index contributed by atoms with van der Waals surface area (Å²) in [6.45, 7) is 3.88. The zero-order valence-corrected chi connectivity index (χ0v) is 8.98. The SMILES string of the molecule is Cc1ccc(C)c(NC(=O)c2nn[nH]n2)c1. The van der Waals surface area contributed by atoms with E-state index in [1.807, 2.05) is 32.0 Å². The van der Waals surface area contributed by atoms with E-state index < -0.39 is 0 Å². The average molecular weight is 217 g/mol. The van der Waals surface area contributed by atoms with Gasteiger partial charge in [0.05, 0.1) is 0 Å². The number of tetrazole rings is 1. The van der Waals surface area contributed by atoms with Crippen molar-refractivity contribution in [2.75, 3.05) is 5.32 Å². The number of carbonyl (C=O) groups excluding carboxylic acids is 1. The number of H-pyrrole nitrogens is 1. The summed E-state index contributed by atoms with van der Waals surface area (Å²) in [5.74, 6) is -0.344. The highest BCUT2D eigenvalue weighted by Crippen LogP contribution is 2.16. The monoisotopic (exact) mass is 217 g/mol. The minimum Gasteiger partial charge on any atom is -0.319 e. The number of anilines is 1. The van der Waals surface area contributed by atoms with E-state index in [0.717, 1.165) is 16.8 Å². The molecule has 0 saturated heterocycles. The van der Waals surface area contributed by atoms with Crippen LogP contribution < -0.4 is 5.32 Å². The van der Waals surface area contributed by atoms with Gasteiger partial charge in [-0.1, -0.05) is 12.1 Å². The van der Waals surface area contributed by atoms with Gasteiger partial charge in [-0.2, -0.15) is 5.21 Å². The lowest BCUT2D eigenvalue weighted by Gasteiger charge is -2.07. The lowest BCUT2D eigenvalue weighted by molar-refractivity contribution is 0.101. The summed E-state index contributed by atoms with van der Waals surface area (Å²) in [4.78, 5) is 11.6. The van der Waals surface area contributed by atoms with E-state index in [-0.39, 0.29) is 11.7 Å². The topological polar surface area (TPSA) is 83.6 Å². The third-order valence-electron chi connectivity index (χ3n) is 2.19. The highest BCUT2D eigenvalue weighted by Gasteiger charge is 2.11. The first-order chi connectivity index (χ1) is 7.66. The van der Waals surface area contributed by atoms with Crippen LogP contribution >= 0.6 is 0 Å². The summed E-state index contributed by atoms with van der Waals surface area (Å²) in [7, 11) is 0. The maximum Gasteiger partial charge on any atom is 0.297 e. The number of hydrogen-bond donors (Lipinski definition) is 2. The molecule has 2 N–H and O–H groups in total. The van der Waals surface area contributed by atoms with Gasteiger partial charge in [0.25, 0.3) is 11.7 Å². The molecule has 0 saturated carbocycles. The fraction of sp³-hybridized carbons (Fsp3) is 0.200. The molecule has 0 aliphatic rings. The number of nitrogens with one attached hydrogen (secondary N) is 2. The molecule has 0 spiro atoms. The van der Waals surface area contributed by atoms with Crippen molar-refractivity contribution < 1.29 is 4.79 Å². The van der Waals surface area contributed by atoms with Crippen LogP contribution in [0.2, 0.25) is 0 Å². The largest absolute Gasteiger partial charge is 0.319 e. The van der Waals surface area contributed by atoms with E-state index in [0.29, 0.717) is 0 Å². The van der Waals surface area contributed by atoms with Crippen LogP contribution in [-0.2, 0) is 0 Å². The van der Waals surface area contributed by atoms with Gasteiger partial charge in [0.15, 0.2) is 0 Å². The van der Waals surface area contributed by atoms with Crippen LogP contribution in [0, 0.1) is 13.8 Å². The van der Waals surface area contributed by atoms with Gasteiger partial charge < -0.3 is 5.32 Å². The van der Waals surface area contributed by atoms with E-state index in [2.05, 4.69) is 25.9 Å². The quantitative estimate of drug-likeness (QED) is 0.788. The van der Waals surface area contributed by atoms with Crippen molar-refractivity contribution in [1.29, 1.82) is 0 Å². The molecule has 0 bridgehead atoms. The summed E-state index contributed by atoms with van der Waals surface area (Å²) in [5.41, 5.74) is 2.83. The van der Waals surface area contributed by atoms with Crippen molar-refractivity contribution in [2.45, 2.75) is 13.8 Å². The Kier molecular flexibility index (Phi) is 2.63. The summed E-state index contributed by atoms with van der Waals surface area (Å²) in [6, 6.07) is 5.83. The third kappa shape index (κ3) is 2.05. The van der Waals surface area contributed by atoms with E-state index in [4.69, 9.17) is 0 Å². The maximum atomic E-state index is 11.6. The van der Waals surface area contributed by atoms with E-state index >= 15 is 0 Å². The van der Waals surface area contributed by atoms with Gasteiger partial charge in [-0.3, -0.25) is 4.79 Å². The number of amides is 1. The Labute approximate surface area is 92.1 Å². The number of rotatable bonds is 2. The Hall–Kier alpha value is -2.24. The molecule has 16 heavy (non-hydrogen) atoms. The van der Waals surface area contributed by atoms with Crippen LogP contribution in [0.1, 0.15) is 21.7 Å². The molecule has 0 unspecified atom stereocenters. The lowest BCUT2D eigenvalue weighted by atomic mass is 10.1. The molecule has 0 aliphatic carbocycles. The van der Waals surface area contributed by atoms with Gasteiger partial charge in [0.2, 0.25) is 0 Å². The first-order valence-electron chi connectivity index (χ1n) is 4.79. The Morgan fingerprint density at radius 2 is 2.19 bits per heavy atom. The normalized spacial score (nSPS) is 10.1. The van der Waals surface area contributed by atoms with Gasteiger partial charge in [0.1, 0.15) is 0 Å². The Balaban J connectivity index is 2.21. The number of aromatic amines is 1. The molecule has 82 valence electrons. The zero-order valence-electron chi connectivity index (χ0n) is 8.98. The molecule has 0 atom stereocenters. The predicted octanol–water partition coefficient (Wildman–Crippen LogP) is 1.07. The number of nitrogens with zero attached hydrogens (tertiary/aromatic N) is 3. The number of aryl methyl sites for hydroxylation is 2. The van der Waals surface area contributed by atoms with E-state index in [9.17, 15) is 4.79 Å². The first-order valence-corrected chi connectivity index (χ1v) is 4.79. The number of hydrogen-bond acceptors (Lipinski definition) is 4. The van der Waals surface area contributed by atoms with Crippen LogP contribution in [0.4, 0.5) is 5.69 Å². The van der Waals surface area contributed by atoms with Crippen molar-refractivity contribution in [3.05, 3.63) is 35.2 Å². The highest BCUT2D eigenvalue weighted by molar-refractivity contribution is 6.01. The third-order valence-corrected chi connectivity index (χ3v) is 2.19. The van der Waals surface area contributed by atoms with Crippen LogP contribution in [-0.4, -0.2) is 26.5 Å². The molecule has 0 fully saturated rings. The second-order valence-corrected chi connectivity index (χ2v) is 3.51. The number of carbonyl (C=O) groups is 1. The van der Waals surface area contributed by atoms with Crippen molar-refractivity contribution >= 4 is 11.6 Å². The van der Waals surface area contributed by atoms with Crippen LogP contribution in [0.3, 0.4) is 0 Å². The molecular weight excluding hydrogens is 206 g/mol. The smallest absolute Gasteiger partial charge is 0.297 e. The Morgan fingerprint density at radius 1 is 1.38 bits per heavy atom. The summed E-state index contributed by atoms with van der Waals surface area (Å²) >= 11 is 0. The van der Waals surface area contributed by atoms with Gasteiger partial charge in [-0.05, 0) is 36.3 Å². The van der Waals surface area contributed by atoms with Crippen LogP contribution in [0.25, 0.3) is 0 Å². The summed E-state index contributed by atoms with van der Waals surface area (Å²) < 4.78 is 0. The predicted molar refractivity (Wildman–Crippen MR) is 58.0 cm³/mol. The minimum atomic E-state index is -0.373. The Bertz CT molecular complexity index is 506. The molecule has 2 aromatic rings. The highest BCUT2D eigenvalue weighted by atomic mass is 16.2. The molecule has 6 nitrogen and oxygen atoms in total. The Morgan fingerprint density at radius 3 is 2.88 bits per heavy atom. The van der Waals surface area contributed by atoms with Crippen LogP contribution in [0.15, 0.2) is 18.2 Å². The number of benzene rings is 1. The van der Waals surface area contributed by atoms with Crippen molar-refractivity contribution in [1.82, 2.24) is 20.6 Å². The number of aromatic nitrogens is 4. The molecule has 1 aromatic heterocycles. The molecule has 0 radical (unpaired) electrons. The molecule has 1 aromatic carbocycles. The second-order valence-electron chi connectivity index (χ2n) is 3.51. The average Bonchev–Trinajstić information content (AvgIpc) is 2.76. The van der Waals surface area contributed by atoms with E-state index in [1.165, 1.54) is 0 Å². The summed E-state index contributed by atoms with van der Waals surface area (Å²) in [6.07, 6.45) is 0. The molecule has 1 amide bonds. The van der Waals surface area contributed by atoms with Gasteiger partial charge in [-0.15, -0.1) is 10.2 Å². The standard InChI is InChI=1S/C10H11N5O/c1-6-3-4-7(2)8(5-6)11-10(16)9-12-14-15-13-9/h3-5H,1-2H3,(H,11,16)(H,12,13,14,15). The molecule has 0 aliphatic heterocycles. The zero-order chi connectivity index (χ0) is 11.5. The van der Waals surface area contributed by atoms with Crippen molar-refractivity contribution in [3.63, 3.8) is 0 Å². The van der Waals surface area contributed by atoms with Crippen molar-refractivity contribution in [3.8, 4) is 0 Å². The fourth-order valence-electron chi connectivity index (χ4n) is 1.31. The fourth-order valence-corrected chi connectivity index (χ4v) is 1.31. The summed E-state index contributed by atoms with van der Waals surface area (Å²) in [5, 5.41) is 15.5. The van der Waals surface area contributed by atoms with Gasteiger partial charge in [-0.25, -0.2) is 0 Å². The van der Waals surface area contributed by atoms with Gasteiger partial charge >= 0.3 is 0 Å². The molecule has 6 heteroatoms. The minimum absolute atomic E-state index is 0.0286. The maximum absolute atomic E-state index is 11.6. The van der Waals surface area contributed by atoms with Crippen LogP contribution in [0.5, 0.6) is 0 Å². The lowest BCUT2D eigenvalue weighted by Crippen LogP contribution is -2.14. The second kappa shape index (κ2) is 4.09. The molecule has 2 rings (SSSR count). The first kappa shape index (κ1) is 10.3. The molecular formula is C10H11N5O. The van der Waals surface area contributed by atoms with Gasteiger partial charge in [0, 0.05) is 5.69 Å².